The number of amides is 4. The van der Waals surface area contributed by atoms with Gasteiger partial charge in [-0.3, -0.25) is 29.5 Å². The van der Waals surface area contributed by atoms with Crippen LogP contribution >= 0.6 is 23.2 Å². The van der Waals surface area contributed by atoms with Gasteiger partial charge >= 0.3 is 0 Å². The van der Waals surface area contributed by atoms with Crippen LogP contribution in [0.25, 0.3) is 0 Å². The van der Waals surface area contributed by atoms with Crippen molar-refractivity contribution >= 4 is 52.5 Å². The number of piperidine rings is 2. The van der Waals surface area contributed by atoms with Crippen molar-refractivity contribution in [2.24, 2.45) is 5.92 Å². The highest BCUT2D eigenvalue weighted by atomic mass is 35.5. The number of nitrogens with one attached hydrogen (secondary N) is 2. The van der Waals surface area contributed by atoms with E-state index in [4.69, 9.17) is 32.7 Å². The normalized spacial score (nSPS) is 19.0. The van der Waals surface area contributed by atoms with Crippen molar-refractivity contribution in [1.29, 1.82) is 0 Å². The minimum Gasteiger partial charge on any atom is -0.490 e. The Morgan fingerprint density at radius 2 is 1.65 bits per heavy atom. The number of likely N-dealkylation sites (tertiary alicyclic amines) is 1. The summed E-state index contributed by atoms with van der Waals surface area (Å²) < 4.78 is 27.0. The summed E-state index contributed by atoms with van der Waals surface area (Å²) in [6.07, 6.45) is 12.6. The monoisotopic (exact) mass is 793 g/mol. The molecule has 11 nitrogen and oxygen atoms in total. The van der Waals surface area contributed by atoms with Gasteiger partial charge in [0.15, 0.2) is 11.5 Å². The molecule has 1 aromatic heterocycles. The summed E-state index contributed by atoms with van der Waals surface area (Å²) in [4.78, 5) is 58.3. The van der Waals surface area contributed by atoms with E-state index in [-0.39, 0.29) is 53.1 Å². The van der Waals surface area contributed by atoms with Crippen LogP contribution in [0.2, 0.25) is 10.0 Å². The minimum absolute atomic E-state index is 0.147. The SMILES string of the molecule is O=C1CCC(N2Cc3c(cc(F)cc3C3CCN(CCCCCCCOc4ccc(C(=O)Nc5c(Cl)cncc5Cl)cc4OCC4CC4)CC3)C2=O)C(=O)N1. The lowest BCUT2D eigenvalue weighted by Crippen LogP contribution is -2.52. The summed E-state index contributed by atoms with van der Waals surface area (Å²) in [5, 5.41) is 5.60. The smallest absolute Gasteiger partial charge is 0.255 e. The molecule has 4 amide bonds. The first-order valence-corrected chi connectivity index (χ1v) is 20.1. The van der Waals surface area contributed by atoms with Crippen molar-refractivity contribution < 1.29 is 33.0 Å². The predicted molar refractivity (Wildman–Crippen MR) is 206 cm³/mol. The average molecular weight is 795 g/mol. The highest BCUT2D eigenvalue weighted by Crippen LogP contribution is 2.38. The van der Waals surface area contributed by atoms with Gasteiger partial charge in [0.05, 0.1) is 28.9 Å². The molecule has 3 aliphatic heterocycles. The van der Waals surface area contributed by atoms with Crippen LogP contribution in [-0.4, -0.2) is 77.3 Å². The van der Waals surface area contributed by atoms with Crippen LogP contribution in [0.4, 0.5) is 10.1 Å². The summed E-state index contributed by atoms with van der Waals surface area (Å²) in [6, 6.07) is 7.30. The molecule has 0 radical (unpaired) electrons. The van der Waals surface area contributed by atoms with E-state index in [0.717, 1.165) is 88.5 Å². The molecule has 4 heterocycles. The second-order valence-corrected chi connectivity index (χ2v) is 15.8. The molecule has 14 heteroatoms. The molecule has 55 heavy (non-hydrogen) atoms. The van der Waals surface area contributed by atoms with Crippen LogP contribution in [0.1, 0.15) is 108 Å². The van der Waals surface area contributed by atoms with Gasteiger partial charge in [0.1, 0.15) is 11.9 Å². The fourth-order valence-corrected chi connectivity index (χ4v) is 8.18. The van der Waals surface area contributed by atoms with Gasteiger partial charge < -0.3 is 24.6 Å². The van der Waals surface area contributed by atoms with Crippen LogP contribution in [0.5, 0.6) is 11.5 Å². The van der Waals surface area contributed by atoms with E-state index in [1.165, 1.54) is 23.4 Å². The van der Waals surface area contributed by atoms with Crippen molar-refractivity contribution in [3.8, 4) is 11.5 Å². The number of imide groups is 1. The zero-order chi connectivity index (χ0) is 38.5. The maximum Gasteiger partial charge on any atom is 0.255 e. The Bertz CT molecular complexity index is 1910. The van der Waals surface area contributed by atoms with Gasteiger partial charge in [-0.1, -0.05) is 42.5 Å². The number of nitrogens with zero attached hydrogens (tertiary/aromatic N) is 3. The molecule has 2 saturated heterocycles. The summed E-state index contributed by atoms with van der Waals surface area (Å²) in [6.45, 7) is 4.22. The first-order chi connectivity index (χ1) is 26.6. The number of halogens is 3. The third kappa shape index (κ3) is 9.59. The van der Waals surface area contributed by atoms with Crippen LogP contribution in [-0.2, 0) is 16.1 Å². The standard InChI is InChI=1S/C41H46Cl2FN5O6/c42-32-21-45-22-33(43)38(32)47-39(51)27-8-10-35(36(18-27)55-24-25-6-7-25)54-17-5-3-1-2-4-14-48-15-12-26(13-16-48)29-19-28(44)20-30-31(29)23-49(41(30)53)34-9-11-37(50)46-40(34)52/h8,10,18-22,25-26,34H,1-7,9,11-17,23-24H2,(H,45,47,51)(H,46,50,52). The molecule has 1 atom stereocenters. The Morgan fingerprint density at radius 3 is 2.40 bits per heavy atom. The average Bonchev–Trinajstić information content (AvgIpc) is 3.95. The summed E-state index contributed by atoms with van der Waals surface area (Å²) in [7, 11) is 0. The molecular weight excluding hydrogens is 748 g/mol. The topological polar surface area (TPSA) is 130 Å². The zero-order valence-electron chi connectivity index (χ0n) is 30.7. The largest absolute Gasteiger partial charge is 0.490 e. The zero-order valence-corrected chi connectivity index (χ0v) is 32.2. The van der Waals surface area contributed by atoms with Crippen molar-refractivity contribution in [3.63, 3.8) is 0 Å². The third-order valence-electron chi connectivity index (χ3n) is 11.0. The molecule has 4 aliphatic rings. The summed E-state index contributed by atoms with van der Waals surface area (Å²) in [5.74, 6) is -0.0954. The number of unbranched alkanes of at least 4 members (excludes halogenated alkanes) is 4. The number of benzene rings is 2. The molecule has 1 unspecified atom stereocenters. The van der Waals surface area contributed by atoms with Gasteiger partial charge in [-0.05, 0) is 118 Å². The number of pyridine rings is 1. The number of ether oxygens (including phenoxy) is 2. The predicted octanol–water partition coefficient (Wildman–Crippen LogP) is 7.54. The Kier molecular flexibility index (Phi) is 12.5. The van der Waals surface area contributed by atoms with Crippen LogP contribution in [0.15, 0.2) is 42.7 Å². The molecule has 7 rings (SSSR count). The minimum atomic E-state index is -0.716. The van der Waals surface area contributed by atoms with E-state index in [0.29, 0.717) is 47.4 Å². The Labute approximate surface area is 330 Å². The molecule has 1 saturated carbocycles. The molecule has 2 aromatic carbocycles. The van der Waals surface area contributed by atoms with Gasteiger partial charge in [0.25, 0.3) is 11.8 Å². The highest BCUT2D eigenvalue weighted by Gasteiger charge is 2.41. The van der Waals surface area contributed by atoms with E-state index in [1.54, 1.807) is 24.3 Å². The first-order valence-electron chi connectivity index (χ1n) is 19.3. The molecule has 3 aromatic rings. The maximum atomic E-state index is 14.8. The van der Waals surface area contributed by atoms with E-state index in [9.17, 15) is 23.6 Å². The molecule has 292 valence electrons. The summed E-state index contributed by atoms with van der Waals surface area (Å²) >= 11 is 12.4. The van der Waals surface area contributed by atoms with Gasteiger partial charge in [-0.25, -0.2) is 4.39 Å². The summed E-state index contributed by atoms with van der Waals surface area (Å²) in [5.41, 5.74) is 2.74. The number of fused-ring (bicyclic) bond motifs is 1. The number of aromatic nitrogens is 1. The number of carbonyl (C=O) groups is 4. The van der Waals surface area contributed by atoms with E-state index < -0.39 is 17.8 Å². The number of carbonyl (C=O) groups excluding carboxylic acids is 4. The van der Waals surface area contributed by atoms with E-state index in [1.807, 2.05) is 0 Å². The van der Waals surface area contributed by atoms with Crippen molar-refractivity contribution in [3.05, 3.63) is 80.8 Å². The lowest BCUT2D eigenvalue weighted by molar-refractivity contribution is -0.136. The van der Waals surface area contributed by atoms with Crippen molar-refractivity contribution in [1.82, 2.24) is 20.1 Å². The fourth-order valence-electron chi connectivity index (χ4n) is 7.72. The lowest BCUT2D eigenvalue weighted by Gasteiger charge is -2.33. The second kappa shape index (κ2) is 17.7. The number of hydrogen-bond donors (Lipinski definition) is 2. The van der Waals surface area contributed by atoms with Crippen molar-refractivity contribution in [2.45, 2.75) is 89.1 Å². The molecular formula is C41H46Cl2FN5O6. The third-order valence-corrected chi connectivity index (χ3v) is 11.6. The Balaban J connectivity index is 0.823. The highest BCUT2D eigenvalue weighted by molar-refractivity contribution is 6.39. The van der Waals surface area contributed by atoms with Crippen molar-refractivity contribution in [2.75, 3.05) is 38.2 Å². The second-order valence-electron chi connectivity index (χ2n) is 15.0. The number of anilines is 1. The number of hydrogen-bond acceptors (Lipinski definition) is 8. The van der Waals surface area contributed by atoms with Crippen LogP contribution < -0.4 is 20.1 Å². The van der Waals surface area contributed by atoms with Crippen LogP contribution in [0.3, 0.4) is 0 Å². The molecule has 2 N–H and O–H groups in total. The van der Waals surface area contributed by atoms with Gasteiger partial charge in [-0.15, -0.1) is 0 Å². The van der Waals surface area contributed by atoms with E-state index in [2.05, 4.69) is 20.5 Å². The lowest BCUT2D eigenvalue weighted by atomic mass is 9.85. The number of rotatable bonds is 16. The maximum absolute atomic E-state index is 14.8. The molecule has 1 aliphatic carbocycles. The Morgan fingerprint density at radius 1 is 0.909 bits per heavy atom. The van der Waals surface area contributed by atoms with Gasteiger partial charge in [0.2, 0.25) is 11.8 Å². The van der Waals surface area contributed by atoms with Crippen LogP contribution in [0, 0.1) is 11.7 Å². The van der Waals surface area contributed by atoms with Gasteiger partial charge in [-0.2, -0.15) is 0 Å². The Hall–Kier alpha value is -4.26. The van der Waals surface area contributed by atoms with Gasteiger partial charge in [0, 0.05) is 36.5 Å². The fraction of sp³-hybridized carbons (Fsp3) is 0.488. The first kappa shape index (κ1) is 39.0. The molecule has 0 bridgehead atoms. The van der Waals surface area contributed by atoms with E-state index >= 15 is 0 Å². The quantitative estimate of drug-likeness (QED) is 0.112. The molecule has 3 fully saturated rings. The molecule has 0 spiro atoms.